The van der Waals surface area contributed by atoms with E-state index in [1.807, 2.05) is 11.6 Å². The highest BCUT2D eigenvalue weighted by Crippen LogP contribution is 2.27. The first kappa shape index (κ1) is 13.4. The van der Waals surface area contributed by atoms with Gasteiger partial charge in [0.1, 0.15) is 11.9 Å². The van der Waals surface area contributed by atoms with Gasteiger partial charge in [-0.05, 0) is 41.4 Å². The lowest BCUT2D eigenvalue weighted by atomic mass is 10.1. The van der Waals surface area contributed by atoms with E-state index in [9.17, 15) is 5.11 Å². The van der Waals surface area contributed by atoms with Crippen molar-refractivity contribution in [3.63, 3.8) is 0 Å². The third-order valence-corrected chi connectivity index (χ3v) is 3.87. The van der Waals surface area contributed by atoms with Gasteiger partial charge in [-0.1, -0.05) is 6.92 Å². The molecule has 0 radical (unpaired) electrons. The van der Waals surface area contributed by atoms with Crippen LogP contribution in [0.25, 0.3) is 0 Å². The first-order valence-corrected chi connectivity index (χ1v) is 6.92. The van der Waals surface area contributed by atoms with Crippen molar-refractivity contribution in [3.8, 4) is 0 Å². The summed E-state index contributed by atoms with van der Waals surface area (Å²) in [6.45, 7) is 4.90. The molecule has 1 N–H and O–H groups in total. The minimum Gasteiger partial charge on any atom is -0.467 e. The molecule has 1 atom stereocenters. The minimum atomic E-state index is -0.636. The number of hydrogen-bond acceptors (Lipinski definition) is 3. The monoisotopic (exact) mass is 312 g/mol. The van der Waals surface area contributed by atoms with Crippen LogP contribution in [0.2, 0.25) is 0 Å². The summed E-state index contributed by atoms with van der Waals surface area (Å²) < 4.78 is 8.14. The van der Waals surface area contributed by atoms with Crippen molar-refractivity contribution in [1.82, 2.24) is 9.78 Å². The maximum absolute atomic E-state index is 10.1. The molecule has 0 aromatic carbocycles. The zero-order valence-electron chi connectivity index (χ0n) is 10.6. The Balaban J connectivity index is 2.25. The fraction of sp³-hybridized carbons (Fsp3) is 0.462. The maximum Gasteiger partial charge on any atom is 0.132 e. The number of halogens is 1. The Kier molecular flexibility index (Phi) is 4.24. The van der Waals surface area contributed by atoms with Gasteiger partial charge in [0.05, 0.1) is 22.1 Å². The Labute approximate surface area is 115 Å². The SMILES string of the molecule is CCc1nn(CC)c(CC(O)c2ccco2)c1Br. The molecule has 0 aliphatic heterocycles. The van der Waals surface area contributed by atoms with E-state index < -0.39 is 6.10 Å². The highest BCUT2D eigenvalue weighted by Gasteiger charge is 2.19. The van der Waals surface area contributed by atoms with Gasteiger partial charge in [0, 0.05) is 13.0 Å². The van der Waals surface area contributed by atoms with E-state index in [1.165, 1.54) is 0 Å². The molecule has 0 aliphatic carbocycles. The fourth-order valence-corrected chi connectivity index (χ4v) is 2.70. The van der Waals surface area contributed by atoms with Gasteiger partial charge < -0.3 is 9.52 Å². The molecular formula is C13H17BrN2O2. The van der Waals surface area contributed by atoms with Crippen LogP contribution < -0.4 is 0 Å². The third kappa shape index (κ3) is 2.52. The summed E-state index contributed by atoms with van der Waals surface area (Å²) in [5.74, 6) is 0.587. The Morgan fingerprint density at radius 1 is 1.50 bits per heavy atom. The van der Waals surface area contributed by atoms with Crippen LogP contribution in [-0.4, -0.2) is 14.9 Å². The van der Waals surface area contributed by atoms with Gasteiger partial charge in [0.15, 0.2) is 0 Å². The summed E-state index contributed by atoms with van der Waals surface area (Å²) >= 11 is 3.57. The van der Waals surface area contributed by atoms with Crippen molar-refractivity contribution < 1.29 is 9.52 Å². The second-order valence-corrected chi connectivity index (χ2v) is 4.91. The van der Waals surface area contributed by atoms with E-state index in [1.54, 1.807) is 18.4 Å². The van der Waals surface area contributed by atoms with Crippen LogP contribution in [0.3, 0.4) is 0 Å². The summed E-state index contributed by atoms with van der Waals surface area (Å²) in [5.41, 5.74) is 2.04. The molecule has 18 heavy (non-hydrogen) atoms. The average molecular weight is 313 g/mol. The fourth-order valence-electron chi connectivity index (χ4n) is 1.98. The summed E-state index contributed by atoms with van der Waals surface area (Å²) in [6.07, 6.45) is 2.30. The lowest BCUT2D eigenvalue weighted by Crippen LogP contribution is -2.08. The lowest BCUT2D eigenvalue weighted by molar-refractivity contribution is 0.147. The number of rotatable bonds is 5. The number of furan rings is 1. The van der Waals surface area contributed by atoms with Gasteiger partial charge in [-0.2, -0.15) is 5.10 Å². The van der Waals surface area contributed by atoms with Gasteiger partial charge in [-0.15, -0.1) is 0 Å². The van der Waals surface area contributed by atoms with Crippen molar-refractivity contribution in [1.29, 1.82) is 0 Å². The summed E-state index contributed by atoms with van der Waals surface area (Å²) in [7, 11) is 0. The summed E-state index contributed by atoms with van der Waals surface area (Å²) in [4.78, 5) is 0. The van der Waals surface area contributed by atoms with Crippen LogP contribution in [0, 0.1) is 0 Å². The van der Waals surface area contributed by atoms with Crippen molar-refractivity contribution in [3.05, 3.63) is 40.0 Å². The molecule has 0 amide bonds. The van der Waals surface area contributed by atoms with Crippen molar-refractivity contribution >= 4 is 15.9 Å². The Hall–Kier alpha value is -1.07. The van der Waals surface area contributed by atoms with Gasteiger partial charge >= 0.3 is 0 Å². The summed E-state index contributed by atoms with van der Waals surface area (Å²) in [6, 6.07) is 3.56. The average Bonchev–Trinajstić information content (AvgIpc) is 2.99. The molecule has 2 aromatic heterocycles. The highest BCUT2D eigenvalue weighted by atomic mass is 79.9. The van der Waals surface area contributed by atoms with Crippen molar-refractivity contribution in [2.45, 2.75) is 39.3 Å². The molecule has 0 aliphatic rings. The second-order valence-electron chi connectivity index (χ2n) is 4.11. The lowest BCUT2D eigenvalue weighted by Gasteiger charge is -2.09. The minimum absolute atomic E-state index is 0.495. The van der Waals surface area contributed by atoms with E-state index >= 15 is 0 Å². The number of aromatic nitrogens is 2. The zero-order valence-corrected chi connectivity index (χ0v) is 12.1. The van der Waals surface area contributed by atoms with E-state index in [-0.39, 0.29) is 0 Å². The smallest absolute Gasteiger partial charge is 0.132 e. The Morgan fingerprint density at radius 2 is 2.28 bits per heavy atom. The molecule has 4 nitrogen and oxygen atoms in total. The second kappa shape index (κ2) is 5.71. The predicted octanol–water partition coefficient (Wildman–Crippen LogP) is 3.10. The Morgan fingerprint density at radius 3 is 2.83 bits per heavy atom. The molecule has 0 fully saturated rings. The molecule has 0 bridgehead atoms. The van der Waals surface area contributed by atoms with Gasteiger partial charge in [-0.25, -0.2) is 0 Å². The predicted molar refractivity (Wildman–Crippen MR) is 72.4 cm³/mol. The highest BCUT2D eigenvalue weighted by molar-refractivity contribution is 9.10. The quantitative estimate of drug-likeness (QED) is 0.923. The molecule has 0 saturated heterocycles. The standard InChI is InChI=1S/C13H17BrN2O2/c1-3-9-13(14)10(16(4-2)15-9)8-11(17)12-6-5-7-18-12/h5-7,11,17H,3-4,8H2,1-2H3. The molecule has 5 heteroatoms. The van der Waals surface area contributed by atoms with E-state index in [4.69, 9.17) is 4.42 Å². The van der Waals surface area contributed by atoms with Crippen LogP contribution in [0.5, 0.6) is 0 Å². The number of aliphatic hydroxyl groups excluding tert-OH is 1. The number of aryl methyl sites for hydroxylation is 2. The van der Waals surface area contributed by atoms with Crippen LogP contribution in [0.1, 0.15) is 37.1 Å². The maximum atomic E-state index is 10.1. The molecule has 2 aromatic rings. The molecular weight excluding hydrogens is 296 g/mol. The van der Waals surface area contributed by atoms with E-state index in [2.05, 4.69) is 28.0 Å². The molecule has 2 rings (SSSR count). The topological polar surface area (TPSA) is 51.2 Å². The van der Waals surface area contributed by atoms with E-state index in [0.29, 0.717) is 12.2 Å². The molecule has 1 unspecified atom stereocenters. The molecule has 0 saturated carbocycles. The van der Waals surface area contributed by atoms with Crippen LogP contribution in [-0.2, 0) is 19.4 Å². The van der Waals surface area contributed by atoms with Crippen LogP contribution in [0.15, 0.2) is 27.3 Å². The van der Waals surface area contributed by atoms with Crippen molar-refractivity contribution in [2.75, 3.05) is 0 Å². The first-order valence-electron chi connectivity index (χ1n) is 6.12. The van der Waals surface area contributed by atoms with Crippen molar-refractivity contribution in [2.24, 2.45) is 0 Å². The van der Waals surface area contributed by atoms with E-state index in [0.717, 1.165) is 28.8 Å². The number of aliphatic hydroxyl groups is 1. The third-order valence-electron chi connectivity index (χ3n) is 2.95. The van der Waals surface area contributed by atoms with Gasteiger partial charge in [-0.3, -0.25) is 4.68 Å². The normalized spacial score (nSPS) is 12.9. The summed E-state index contributed by atoms with van der Waals surface area (Å²) in [5, 5.41) is 14.6. The molecule has 98 valence electrons. The van der Waals surface area contributed by atoms with Gasteiger partial charge in [0.2, 0.25) is 0 Å². The molecule has 2 heterocycles. The Bertz CT molecular complexity index is 505. The largest absolute Gasteiger partial charge is 0.467 e. The van der Waals surface area contributed by atoms with Crippen LogP contribution in [0.4, 0.5) is 0 Å². The first-order chi connectivity index (χ1) is 8.67. The number of hydrogen-bond donors (Lipinski definition) is 1. The van der Waals surface area contributed by atoms with Gasteiger partial charge in [0.25, 0.3) is 0 Å². The number of nitrogens with zero attached hydrogens (tertiary/aromatic N) is 2. The molecule has 0 spiro atoms. The van der Waals surface area contributed by atoms with Crippen LogP contribution >= 0.6 is 15.9 Å². The zero-order chi connectivity index (χ0) is 13.1.